The first-order valence-electron chi connectivity index (χ1n) is 7.65. The maximum absolute atomic E-state index is 12.2. The van der Waals surface area contributed by atoms with Crippen molar-refractivity contribution in [1.82, 2.24) is 5.32 Å². The number of rotatable bonds is 8. The summed E-state index contributed by atoms with van der Waals surface area (Å²) in [5.74, 6) is 0.500. The molecule has 1 N–H and O–H groups in total. The Bertz CT molecular complexity index is 629. The van der Waals surface area contributed by atoms with E-state index in [4.69, 9.17) is 4.74 Å². The Hall–Kier alpha value is -1.76. The molecule has 130 valence electrons. The molecule has 7 heteroatoms. The summed E-state index contributed by atoms with van der Waals surface area (Å²) in [6.45, 7) is 7.95. The van der Waals surface area contributed by atoms with Gasteiger partial charge in [0, 0.05) is 12.1 Å². The van der Waals surface area contributed by atoms with Gasteiger partial charge in [-0.15, -0.1) is 0 Å². The maximum atomic E-state index is 12.2. The van der Waals surface area contributed by atoms with Crippen LogP contribution in [-0.4, -0.2) is 39.8 Å². The minimum Gasteiger partial charge on any atom is -0.494 e. The molecule has 1 atom stereocenters. The molecule has 0 bridgehead atoms. The third-order valence-corrected chi connectivity index (χ3v) is 4.63. The zero-order valence-corrected chi connectivity index (χ0v) is 15.2. The van der Waals surface area contributed by atoms with E-state index in [2.05, 4.69) is 5.32 Å². The van der Waals surface area contributed by atoms with Gasteiger partial charge in [0.1, 0.15) is 12.3 Å². The van der Waals surface area contributed by atoms with Crippen LogP contribution in [0, 0.1) is 5.92 Å². The van der Waals surface area contributed by atoms with E-state index >= 15 is 0 Å². The Balaban J connectivity index is 2.98. The lowest BCUT2D eigenvalue weighted by molar-refractivity contribution is -0.120. The van der Waals surface area contributed by atoms with Gasteiger partial charge in [0.05, 0.1) is 18.6 Å². The van der Waals surface area contributed by atoms with Crippen LogP contribution in [0.2, 0.25) is 0 Å². The molecule has 0 aliphatic heterocycles. The van der Waals surface area contributed by atoms with E-state index in [-0.39, 0.29) is 24.4 Å². The number of sulfonamides is 1. The molecule has 0 radical (unpaired) electrons. The summed E-state index contributed by atoms with van der Waals surface area (Å²) >= 11 is 0. The minimum absolute atomic E-state index is 0.0290. The number of benzene rings is 1. The first-order valence-corrected chi connectivity index (χ1v) is 9.50. The van der Waals surface area contributed by atoms with Crippen LogP contribution >= 0.6 is 0 Å². The Morgan fingerprint density at radius 2 is 1.96 bits per heavy atom. The van der Waals surface area contributed by atoms with Crippen LogP contribution in [0.3, 0.4) is 0 Å². The van der Waals surface area contributed by atoms with Crippen molar-refractivity contribution in [3.05, 3.63) is 24.3 Å². The summed E-state index contributed by atoms with van der Waals surface area (Å²) in [6, 6.07) is 6.67. The van der Waals surface area contributed by atoms with E-state index < -0.39 is 10.0 Å². The smallest absolute Gasteiger partial charge is 0.240 e. The van der Waals surface area contributed by atoms with Crippen molar-refractivity contribution in [3.63, 3.8) is 0 Å². The third kappa shape index (κ3) is 6.09. The van der Waals surface area contributed by atoms with Gasteiger partial charge in [0.2, 0.25) is 15.9 Å². The second-order valence-corrected chi connectivity index (χ2v) is 7.71. The molecule has 1 rings (SSSR count). The zero-order valence-electron chi connectivity index (χ0n) is 14.4. The number of nitrogens with zero attached hydrogens (tertiary/aromatic N) is 1. The lowest BCUT2D eigenvalue weighted by atomic mass is 10.1. The van der Waals surface area contributed by atoms with Crippen molar-refractivity contribution in [2.75, 3.05) is 23.7 Å². The average Bonchev–Trinajstić information content (AvgIpc) is 2.44. The Morgan fingerprint density at radius 1 is 1.30 bits per heavy atom. The number of hydrogen-bond donors (Lipinski definition) is 1. The first-order chi connectivity index (χ1) is 10.6. The molecule has 0 spiro atoms. The fourth-order valence-electron chi connectivity index (χ4n) is 1.89. The Kier molecular flexibility index (Phi) is 6.87. The van der Waals surface area contributed by atoms with Gasteiger partial charge >= 0.3 is 0 Å². The summed E-state index contributed by atoms with van der Waals surface area (Å²) in [4.78, 5) is 12.2. The van der Waals surface area contributed by atoms with Crippen molar-refractivity contribution in [1.29, 1.82) is 0 Å². The van der Waals surface area contributed by atoms with Gasteiger partial charge in [-0.05, 0) is 31.9 Å². The summed E-state index contributed by atoms with van der Waals surface area (Å²) in [5, 5.41) is 2.82. The summed E-state index contributed by atoms with van der Waals surface area (Å²) in [6.07, 6.45) is 1.08. The highest BCUT2D eigenvalue weighted by molar-refractivity contribution is 7.92. The molecule has 0 aliphatic rings. The van der Waals surface area contributed by atoms with Crippen molar-refractivity contribution in [3.8, 4) is 5.75 Å². The number of hydrogen-bond acceptors (Lipinski definition) is 4. The lowest BCUT2D eigenvalue weighted by Crippen LogP contribution is -2.44. The SMILES string of the molecule is CCOc1cccc(N(CC(=O)N[C@H](C)C(C)C)S(C)(=O)=O)c1. The summed E-state index contributed by atoms with van der Waals surface area (Å²) in [7, 11) is -3.58. The van der Waals surface area contributed by atoms with Gasteiger partial charge in [0.25, 0.3) is 0 Å². The second-order valence-electron chi connectivity index (χ2n) is 5.80. The predicted octanol–water partition coefficient (Wildman–Crippen LogP) is 2.01. The van der Waals surface area contributed by atoms with Crippen molar-refractivity contribution >= 4 is 21.6 Å². The number of anilines is 1. The van der Waals surface area contributed by atoms with E-state index in [9.17, 15) is 13.2 Å². The largest absolute Gasteiger partial charge is 0.494 e. The standard InChI is InChI=1S/C16H26N2O4S/c1-6-22-15-9-7-8-14(10-15)18(23(5,20)21)11-16(19)17-13(4)12(2)3/h7-10,12-13H,6,11H2,1-5H3,(H,17,19)/t13-/m1/s1. The maximum Gasteiger partial charge on any atom is 0.240 e. The number of carbonyl (C=O) groups is 1. The Morgan fingerprint density at radius 3 is 2.48 bits per heavy atom. The van der Waals surface area contributed by atoms with Crippen molar-refractivity contribution in [2.45, 2.75) is 33.7 Å². The molecule has 0 saturated carbocycles. The first kappa shape index (κ1) is 19.3. The molecule has 6 nitrogen and oxygen atoms in total. The van der Waals surface area contributed by atoms with Crippen LogP contribution in [0.15, 0.2) is 24.3 Å². The fraction of sp³-hybridized carbons (Fsp3) is 0.562. The molecule has 0 aliphatic carbocycles. The van der Waals surface area contributed by atoms with Gasteiger partial charge in [0.15, 0.2) is 0 Å². The molecule has 0 saturated heterocycles. The van der Waals surface area contributed by atoms with Crippen LogP contribution in [-0.2, 0) is 14.8 Å². The monoisotopic (exact) mass is 342 g/mol. The van der Waals surface area contributed by atoms with Gasteiger partial charge in [-0.25, -0.2) is 8.42 Å². The van der Waals surface area contributed by atoms with Crippen LogP contribution in [0.5, 0.6) is 5.75 Å². The minimum atomic E-state index is -3.58. The van der Waals surface area contributed by atoms with Crippen LogP contribution in [0.1, 0.15) is 27.7 Å². The summed E-state index contributed by atoms with van der Waals surface area (Å²) < 4.78 is 30.6. The second kappa shape index (κ2) is 8.19. The highest BCUT2D eigenvalue weighted by atomic mass is 32.2. The molecule has 0 heterocycles. The predicted molar refractivity (Wildman–Crippen MR) is 92.2 cm³/mol. The number of nitrogens with one attached hydrogen (secondary N) is 1. The van der Waals surface area contributed by atoms with Gasteiger partial charge in [-0.1, -0.05) is 19.9 Å². The highest BCUT2D eigenvalue weighted by Gasteiger charge is 2.22. The molecular weight excluding hydrogens is 316 g/mol. The molecule has 1 aromatic carbocycles. The topological polar surface area (TPSA) is 75.7 Å². The van der Waals surface area contributed by atoms with Crippen LogP contribution in [0.25, 0.3) is 0 Å². The number of carbonyl (C=O) groups excluding carboxylic acids is 1. The van der Waals surface area contributed by atoms with E-state index in [1.807, 2.05) is 27.7 Å². The van der Waals surface area contributed by atoms with Crippen molar-refractivity contribution in [2.24, 2.45) is 5.92 Å². The highest BCUT2D eigenvalue weighted by Crippen LogP contribution is 2.23. The third-order valence-electron chi connectivity index (χ3n) is 3.49. The molecule has 1 amide bonds. The van der Waals surface area contributed by atoms with Crippen molar-refractivity contribution < 1.29 is 17.9 Å². The number of ether oxygens (including phenoxy) is 1. The zero-order chi connectivity index (χ0) is 17.6. The molecule has 0 aromatic heterocycles. The molecule has 1 aromatic rings. The number of amides is 1. The van der Waals surface area contributed by atoms with Gasteiger partial charge in [-0.3, -0.25) is 9.10 Å². The molecule has 0 fully saturated rings. The van der Waals surface area contributed by atoms with E-state index in [1.54, 1.807) is 24.3 Å². The quantitative estimate of drug-likeness (QED) is 0.784. The van der Waals surface area contributed by atoms with Gasteiger partial charge < -0.3 is 10.1 Å². The fourth-order valence-corrected chi connectivity index (χ4v) is 2.74. The van der Waals surface area contributed by atoms with Crippen LogP contribution < -0.4 is 14.4 Å². The van der Waals surface area contributed by atoms with E-state index in [1.165, 1.54) is 0 Å². The lowest BCUT2D eigenvalue weighted by Gasteiger charge is -2.24. The van der Waals surface area contributed by atoms with Gasteiger partial charge in [-0.2, -0.15) is 0 Å². The normalized spacial score (nSPS) is 12.8. The molecular formula is C16H26N2O4S. The molecule has 0 unspecified atom stereocenters. The summed E-state index contributed by atoms with van der Waals surface area (Å²) in [5.41, 5.74) is 0.408. The van der Waals surface area contributed by atoms with Crippen LogP contribution in [0.4, 0.5) is 5.69 Å². The van der Waals surface area contributed by atoms with E-state index in [0.29, 0.717) is 18.0 Å². The van der Waals surface area contributed by atoms with E-state index in [0.717, 1.165) is 10.6 Å². The Labute approximate surface area is 138 Å². The molecule has 23 heavy (non-hydrogen) atoms. The average molecular weight is 342 g/mol.